The zero-order valence-corrected chi connectivity index (χ0v) is 22.5. The van der Waals surface area contributed by atoms with Gasteiger partial charge >= 0.3 is 18.1 Å². The molecule has 0 radical (unpaired) electrons. The molecule has 10 heteroatoms. The first-order valence-electron chi connectivity index (χ1n) is 10.4. The second kappa shape index (κ2) is 11.4. The van der Waals surface area contributed by atoms with Gasteiger partial charge in [-0.3, -0.25) is 0 Å². The van der Waals surface area contributed by atoms with Crippen LogP contribution >= 0.6 is 0 Å². The van der Waals surface area contributed by atoms with Gasteiger partial charge in [0, 0.05) is 35.5 Å². The van der Waals surface area contributed by atoms with Crippen LogP contribution in [-0.4, -0.2) is 62.0 Å². The van der Waals surface area contributed by atoms with E-state index in [4.69, 9.17) is 30.4 Å². The molecule has 0 aliphatic rings. The number of benzene rings is 3. The van der Waals surface area contributed by atoms with Crippen LogP contribution in [-0.2, 0) is 30.4 Å². The zero-order valence-electron chi connectivity index (χ0n) is 19.5. The summed E-state index contributed by atoms with van der Waals surface area (Å²) < 4.78 is 41.6. The molecule has 0 amide bonds. The van der Waals surface area contributed by atoms with Gasteiger partial charge in [-0.05, 0) is 15.6 Å². The van der Waals surface area contributed by atoms with Crippen LogP contribution in [0, 0.1) is 0 Å². The Balaban J connectivity index is 2.29. The molecule has 33 heavy (non-hydrogen) atoms. The molecule has 0 aliphatic heterocycles. The van der Waals surface area contributed by atoms with Crippen LogP contribution in [0.1, 0.15) is 0 Å². The van der Waals surface area contributed by atoms with Gasteiger partial charge in [-0.15, -0.1) is 0 Å². The Bertz CT molecular complexity index is 864. The van der Waals surface area contributed by atoms with E-state index >= 15 is 0 Å². The first-order valence-corrected chi connectivity index (χ1v) is 15.5. The van der Waals surface area contributed by atoms with Crippen molar-refractivity contribution in [2.24, 2.45) is 0 Å². The summed E-state index contributed by atoms with van der Waals surface area (Å²) in [5.41, 5.74) is 0. The number of hydrogen-bond acceptors (Lipinski definition) is 7. The normalized spacial score (nSPS) is 12.6. The van der Waals surface area contributed by atoms with Crippen molar-refractivity contribution < 1.29 is 30.4 Å². The maximum Gasteiger partial charge on any atom is 0.673 e. The van der Waals surface area contributed by atoms with Gasteiger partial charge in [0.2, 0.25) is 0 Å². The van der Waals surface area contributed by atoms with E-state index in [-0.39, 0.29) is 0 Å². The molecule has 7 nitrogen and oxygen atoms in total. The minimum atomic E-state index is -3.88. The fraction of sp³-hybridized carbons (Fsp3) is 0.217. The topological polar surface area (TPSA) is 64.6 Å². The molecular formula is C23H30O7Si3. The van der Waals surface area contributed by atoms with Gasteiger partial charge in [-0.25, -0.2) is 0 Å². The van der Waals surface area contributed by atoms with E-state index in [0.717, 1.165) is 15.6 Å². The molecule has 0 bridgehead atoms. The lowest BCUT2D eigenvalue weighted by Gasteiger charge is -2.40. The molecule has 0 aliphatic carbocycles. The first-order chi connectivity index (χ1) is 16.0. The van der Waals surface area contributed by atoms with Crippen LogP contribution in [0.4, 0.5) is 0 Å². The first kappa shape index (κ1) is 25.6. The minimum Gasteiger partial charge on any atom is -0.381 e. The summed E-state index contributed by atoms with van der Waals surface area (Å²) in [4.78, 5) is 0. The Kier molecular flexibility index (Phi) is 8.89. The Morgan fingerprint density at radius 1 is 0.394 bits per heavy atom. The summed E-state index contributed by atoms with van der Waals surface area (Å²) in [6.07, 6.45) is 0. The summed E-state index contributed by atoms with van der Waals surface area (Å²) in [7, 11) is -3.30. The van der Waals surface area contributed by atoms with Gasteiger partial charge < -0.3 is 30.4 Å². The lowest BCUT2D eigenvalue weighted by molar-refractivity contribution is -0.0125. The fourth-order valence-corrected chi connectivity index (χ4v) is 14.3. The van der Waals surface area contributed by atoms with Crippen LogP contribution in [0.5, 0.6) is 0 Å². The molecule has 0 unspecified atom stereocenters. The maximum absolute atomic E-state index is 7.05. The molecule has 3 aromatic carbocycles. The molecule has 0 saturated carbocycles. The van der Waals surface area contributed by atoms with Crippen LogP contribution < -0.4 is 15.6 Å². The van der Waals surface area contributed by atoms with Crippen LogP contribution in [0.15, 0.2) is 91.0 Å². The molecule has 176 valence electrons. The third-order valence-corrected chi connectivity index (χ3v) is 15.5. The van der Waals surface area contributed by atoms with Crippen LogP contribution in [0.3, 0.4) is 0 Å². The largest absolute Gasteiger partial charge is 0.673 e. The van der Waals surface area contributed by atoms with Gasteiger partial charge in [0.05, 0.1) is 0 Å². The summed E-state index contributed by atoms with van der Waals surface area (Å²) in [6, 6.07) is 30.3. The molecule has 0 heterocycles. The van der Waals surface area contributed by atoms with Gasteiger partial charge in [0.15, 0.2) is 0 Å². The molecule has 0 aromatic heterocycles. The van der Waals surface area contributed by atoms with E-state index in [9.17, 15) is 0 Å². The van der Waals surface area contributed by atoms with Gasteiger partial charge in [-0.1, -0.05) is 91.0 Å². The lowest BCUT2D eigenvalue weighted by Crippen LogP contribution is -2.75. The Morgan fingerprint density at radius 3 is 0.970 bits per heavy atom. The van der Waals surface area contributed by atoms with E-state index < -0.39 is 26.4 Å². The van der Waals surface area contributed by atoms with Crippen molar-refractivity contribution in [3.8, 4) is 0 Å². The second-order valence-electron chi connectivity index (χ2n) is 7.00. The summed E-state index contributed by atoms with van der Waals surface area (Å²) in [5, 5.41) is 3.03. The highest BCUT2D eigenvalue weighted by atomic mass is 28.5. The Hall–Kier alpha value is -1.97. The smallest absolute Gasteiger partial charge is 0.381 e. The maximum atomic E-state index is 7.05. The van der Waals surface area contributed by atoms with Crippen molar-refractivity contribution >= 4 is 42.0 Å². The summed E-state index contributed by atoms with van der Waals surface area (Å²) in [6.45, 7) is 0. The third-order valence-electron chi connectivity index (χ3n) is 5.32. The zero-order chi connectivity index (χ0) is 23.8. The van der Waals surface area contributed by atoms with Crippen molar-refractivity contribution in [2.45, 2.75) is 0 Å². The van der Waals surface area contributed by atoms with Crippen molar-refractivity contribution in [1.82, 2.24) is 0 Å². The fourth-order valence-electron chi connectivity index (χ4n) is 3.68. The second-order valence-corrected chi connectivity index (χ2v) is 15.8. The lowest BCUT2D eigenvalue weighted by atomic mass is 10.3. The summed E-state index contributed by atoms with van der Waals surface area (Å²) in [5.74, 6) is 0. The van der Waals surface area contributed by atoms with Crippen molar-refractivity contribution in [1.29, 1.82) is 0 Å². The molecule has 0 fully saturated rings. The highest BCUT2D eigenvalue weighted by Crippen LogP contribution is 2.24. The minimum absolute atomic E-state index is 1.01. The van der Waals surface area contributed by atoms with Crippen LogP contribution in [0.2, 0.25) is 0 Å². The third kappa shape index (κ3) is 5.25. The molecule has 0 atom stereocenters. The van der Waals surface area contributed by atoms with Gasteiger partial charge in [0.1, 0.15) is 0 Å². The standard InChI is InChI=1S/C23H30O7Si3/c1-24-32(25-2,26-3)30-33(27-4,28-5)29-31(21-15-9-6-10-16-21,22-17-11-7-12-18-22)23-19-13-8-14-20-23/h6-20H,1-5H3. The Morgan fingerprint density at radius 2 is 0.697 bits per heavy atom. The van der Waals surface area contributed by atoms with Gasteiger partial charge in [0.25, 0.3) is 8.32 Å². The van der Waals surface area contributed by atoms with E-state index in [1.807, 2.05) is 54.6 Å². The highest BCUT2D eigenvalue weighted by Gasteiger charge is 2.62. The monoisotopic (exact) mass is 502 g/mol. The SMILES string of the molecule is CO[Si](OC)(OC)O[Si](OC)(OC)O[Si](c1ccccc1)(c1ccccc1)c1ccccc1. The number of hydrogen-bond donors (Lipinski definition) is 0. The van der Waals surface area contributed by atoms with E-state index in [1.165, 1.54) is 35.5 Å². The average molecular weight is 503 g/mol. The van der Waals surface area contributed by atoms with Crippen molar-refractivity contribution in [2.75, 3.05) is 35.5 Å². The van der Waals surface area contributed by atoms with Crippen molar-refractivity contribution in [3.05, 3.63) is 91.0 Å². The van der Waals surface area contributed by atoms with Crippen LogP contribution in [0.25, 0.3) is 0 Å². The van der Waals surface area contributed by atoms with E-state index in [1.54, 1.807) is 0 Å². The predicted octanol–water partition coefficient (Wildman–Crippen LogP) is 1.79. The van der Waals surface area contributed by atoms with E-state index in [2.05, 4.69) is 36.4 Å². The van der Waals surface area contributed by atoms with Gasteiger partial charge in [-0.2, -0.15) is 0 Å². The molecule has 3 aromatic rings. The van der Waals surface area contributed by atoms with Crippen molar-refractivity contribution in [3.63, 3.8) is 0 Å². The average Bonchev–Trinajstić information content (AvgIpc) is 2.91. The Labute approximate surface area is 198 Å². The van der Waals surface area contributed by atoms with E-state index in [0.29, 0.717) is 0 Å². The molecule has 3 rings (SSSR count). The molecule has 0 spiro atoms. The highest BCUT2D eigenvalue weighted by molar-refractivity contribution is 7.09. The molecule has 0 saturated heterocycles. The predicted molar refractivity (Wildman–Crippen MR) is 133 cm³/mol. The molecule has 0 N–H and O–H groups in total. The number of rotatable bonds is 12. The molecular weight excluding hydrogens is 473 g/mol. The quantitative estimate of drug-likeness (QED) is 0.276. The summed E-state index contributed by atoms with van der Waals surface area (Å²) >= 11 is 0.